The van der Waals surface area contributed by atoms with E-state index in [0.29, 0.717) is 6.04 Å². The summed E-state index contributed by atoms with van der Waals surface area (Å²) in [6.45, 7) is 6.73. The molecule has 0 spiro atoms. The van der Waals surface area contributed by atoms with Crippen molar-refractivity contribution in [1.29, 1.82) is 0 Å². The maximum Gasteiger partial charge on any atom is 0.142 e. The van der Waals surface area contributed by atoms with Crippen molar-refractivity contribution in [3.8, 4) is 5.75 Å². The van der Waals surface area contributed by atoms with Crippen molar-refractivity contribution in [2.75, 3.05) is 12.4 Å². The lowest BCUT2D eigenvalue weighted by molar-refractivity contribution is 0.413. The molecule has 2 nitrogen and oxygen atoms in total. The summed E-state index contributed by atoms with van der Waals surface area (Å²) in [6, 6.07) is 6.15. The molecule has 0 fully saturated rings. The van der Waals surface area contributed by atoms with Crippen LogP contribution in [0.3, 0.4) is 0 Å². The molecular formula is C15H24ClNO. The molecule has 0 bridgehead atoms. The summed E-state index contributed by atoms with van der Waals surface area (Å²) >= 11 is 6.04. The zero-order chi connectivity index (χ0) is 13.5. The largest absolute Gasteiger partial charge is 0.495 e. The highest BCUT2D eigenvalue weighted by Crippen LogP contribution is 2.29. The standard InChI is InChI=1S/C15H24ClNO/c1-5-11(3)9-13(6-2)17-14-10-12(16)7-8-15(14)18-4/h7-8,10-11,13,17H,5-6,9H2,1-4H3. The molecule has 2 unspecified atom stereocenters. The Morgan fingerprint density at radius 3 is 2.56 bits per heavy atom. The summed E-state index contributed by atoms with van der Waals surface area (Å²) in [4.78, 5) is 0. The van der Waals surface area contributed by atoms with Crippen LogP contribution in [-0.4, -0.2) is 13.2 Å². The summed E-state index contributed by atoms with van der Waals surface area (Å²) in [6.07, 6.45) is 3.48. The highest BCUT2D eigenvalue weighted by molar-refractivity contribution is 6.30. The van der Waals surface area contributed by atoms with Gasteiger partial charge >= 0.3 is 0 Å². The fourth-order valence-corrected chi connectivity index (χ4v) is 2.17. The van der Waals surface area contributed by atoms with Crippen molar-refractivity contribution in [3.63, 3.8) is 0 Å². The third-order valence-corrected chi connectivity index (χ3v) is 3.63. The Kier molecular flexibility index (Phi) is 6.34. The number of nitrogens with one attached hydrogen (secondary N) is 1. The Labute approximate surface area is 116 Å². The quantitative estimate of drug-likeness (QED) is 0.754. The lowest BCUT2D eigenvalue weighted by Gasteiger charge is -2.22. The number of halogens is 1. The van der Waals surface area contributed by atoms with Gasteiger partial charge in [-0.05, 0) is 37.0 Å². The van der Waals surface area contributed by atoms with Gasteiger partial charge in [0.05, 0.1) is 12.8 Å². The minimum absolute atomic E-state index is 0.465. The van der Waals surface area contributed by atoms with Crippen molar-refractivity contribution < 1.29 is 4.74 Å². The summed E-state index contributed by atoms with van der Waals surface area (Å²) in [7, 11) is 1.68. The number of ether oxygens (including phenoxy) is 1. The summed E-state index contributed by atoms with van der Waals surface area (Å²) in [5.41, 5.74) is 0.986. The Balaban J connectivity index is 2.77. The van der Waals surface area contributed by atoms with Gasteiger partial charge in [-0.2, -0.15) is 0 Å². The van der Waals surface area contributed by atoms with Crippen LogP contribution >= 0.6 is 11.6 Å². The number of methoxy groups -OCH3 is 1. The van der Waals surface area contributed by atoms with Crippen LogP contribution < -0.4 is 10.1 Å². The second kappa shape index (κ2) is 7.52. The minimum atomic E-state index is 0.465. The third-order valence-electron chi connectivity index (χ3n) is 3.40. The van der Waals surface area contributed by atoms with Gasteiger partial charge in [-0.15, -0.1) is 0 Å². The molecule has 1 aromatic carbocycles. The molecule has 1 N–H and O–H groups in total. The molecule has 0 amide bonds. The molecule has 18 heavy (non-hydrogen) atoms. The molecule has 0 aliphatic carbocycles. The van der Waals surface area contributed by atoms with Crippen LogP contribution in [0.25, 0.3) is 0 Å². The SMILES string of the molecule is CCC(C)CC(CC)Nc1cc(Cl)ccc1OC. The average molecular weight is 270 g/mol. The first kappa shape index (κ1) is 15.2. The molecule has 0 heterocycles. The molecule has 1 aromatic rings. The first-order valence-electron chi connectivity index (χ1n) is 6.70. The van der Waals surface area contributed by atoms with E-state index in [0.717, 1.165) is 28.8 Å². The van der Waals surface area contributed by atoms with Crippen molar-refractivity contribution >= 4 is 17.3 Å². The van der Waals surface area contributed by atoms with Gasteiger partial charge in [0.2, 0.25) is 0 Å². The number of benzene rings is 1. The van der Waals surface area contributed by atoms with E-state index in [2.05, 4.69) is 26.1 Å². The van der Waals surface area contributed by atoms with Crippen molar-refractivity contribution in [1.82, 2.24) is 0 Å². The van der Waals surface area contributed by atoms with Crippen LogP contribution in [0.1, 0.15) is 40.0 Å². The predicted octanol–water partition coefficient (Wildman–Crippen LogP) is 4.98. The Morgan fingerprint density at radius 1 is 1.28 bits per heavy atom. The van der Waals surface area contributed by atoms with Crippen LogP contribution in [0, 0.1) is 5.92 Å². The molecule has 0 aliphatic rings. The number of rotatable bonds is 7. The molecule has 0 saturated heterocycles. The zero-order valence-electron chi connectivity index (χ0n) is 11.8. The Hall–Kier alpha value is -0.890. The van der Waals surface area contributed by atoms with Gasteiger partial charge < -0.3 is 10.1 Å². The van der Waals surface area contributed by atoms with Gasteiger partial charge in [0.1, 0.15) is 5.75 Å². The van der Waals surface area contributed by atoms with E-state index in [1.165, 1.54) is 12.8 Å². The van der Waals surface area contributed by atoms with Crippen molar-refractivity contribution in [2.24, 2.45) is 5.92 Å². The molecular weight excluding hydrogens is 246 g/mol. The molecule has 0 saturated carbocycles. The average Bonchev–Trinajstić information content (AvgIpc) is 2.38. The third kappa shape index (κ3) is 4.41. The monoisotopic (exact) mass is 269 g/mol. The van der Waals surface area contributed by atoms with E-state index in [1.54, 1.807) is 7.11 Å². The van der Waals surface area contributed by atoms with Gasteiger partial charge in [-0.1, -0.05) is 38.8 Å². The maximum absolute atomic E-state index is 6.04. The molecule has 3 heteroatoms. The molecule has 0 aliphatic heterocycles. The first-order valence-corrected chi connectivity index (χ1v) is 7.08. The van der Waals surface area contributed by atoms with Gasteiger partial charge in [0.15, 0.2) is 0 Å². The summed E-state index contributed by atoms with van der Waals surface area (Å²) in [5, 5.41) is 4.28. The predicted molar refractivity (Wildman–Crippen MR) is 79.8 cm³/mol. The normalized spacial score (nSPS) is 14.1. The molecule has 102 valence electrons. The number of anilines is 1. The van der Waals surface area contributed by atoms with Crippen LogP contribution in [0.5, 0.6) is 5.75 Å². The zero-order valence-corrected chi connectivity index (χ0v) is 12.6. The van der Waals surface area contributed by atoms with Gasteiger partial charge in [0.25, 0.3) is 0 Å². The Bertz CT molecular complexity index is 368. The van der Waals surface area contributed by atoms with E-state index < -0.39 is 0 Å². The van der Waals surface area contributed by atoms with E-state index in [-0.39, 0.29) is 0 Å². The van der Waals surface area contributed by atoms with E-state index in [9.17, 15) is 0 Å². The second-order valence-corrected chi connectivity index (χ2v) is 5.28. The van der Waals surface area contributed by atoms with Gasteiger partial charge in [-0.3, -0.25) is 0 Å². The Morgan fingerprint density at radius 2 is 2.00 bits per heavy atom. The number of hydrogen-bond acceptors (Lipinski definition) is 2. The molecule has 0 aromatic heterocycles. The lowest BCUT2D eigenvalue weighted by atomic mass is 9.97. The fraction of sp³-hybridized carbons (Fsp3) is 0.600. The van der Waals surface area contributed by atoms with Crippen molar-refractivity contribution in [2.45, 2.75) is 46.1 Å². The fourth-order valence-electron chi connectivity index (χ4n) is 1.99. The minimum Gasteiger partial charge on any atom is -0.495 e. The van der Waals surface area contributed by atoms with Gasteiger partial charge in [-0.25, -0.2) is 0 Å². The van der Waals surface area contributed by atoms with Crippen LogP contribution in [-0.2, 0) is 0 Å². The maximum atomic E-state index is 6.04. The molecule has 0 radical (unpaired) electrons. The van der Waals surface area contributed by atoms with Crippen molar-refractivity contribution in [3.05, 3.63) is 23.2 Å². The lowest BCUT2D eigenvalue weighted by Crippen LogP contribution is -2.21. The topological polar surface area (TPSA) is 21.3 Å². The second-order valence-electron chi connectivity index (χ2n) is 4.84. The smallest absolute Gasteiger partial charge is 0.142 e. The summed E-state index contributed by atoms with van der Waals surface area (Å²) < 4.78 is 5.36. The molecule has 2 atom stereocenters. The van der Waals surface area contributed by atoms with Crippen LogP contribution in [0.4, 0.5) is 5.69 Å². The number of hydrogen-bond donors (Lipinski definition) is 1. The van der Waals surface area contributed by atoms with Crippen LogP contribution in [0.2, 0.25) is 5.02 Å². The van der Waals surface area contributed by atoms with E-state index >= 15 is 0 Å². The molecule has 1 rings (SSSR count). The highest BCUT2D eigenvalue weighted by atomic mass is 35.5. The highest BCUT2D eigenvalue weighted by Gasteiger charge is 2.12. The first-order chi connectivity index (χ1) is 8.60. The summed E-state index contributed by atoms with van der Waals surface area (Å²) in [5.74, 6) is 1.58. The van der Waals surface area contributed by atoms with E-state index in [4.69, 9.17) is 16.3 Å². The van der Waals surface area contributed by atoms with Gasteiger partial charge in [0, 0.05) is 11.1 Å². The van der Waals surface area contributed by atoms with Crippen LogP contribution in [0.15, 0.2) is 18.2 Å². The van der Waals surface area contributed by atoms with E-state index in [1.807, 2.05) is 18.2 Å².